The van der Waals surface area contributed by atoms with Crippen molar-refractivity contribution < 1.29 is 14.5 Å². The summed E-state index contributed by atoms with van der Waals surface area (Å²) in [7, 11) is 1.85. The molecule has 0 radical (unpaired) electrons. The Morgan fingerprint density at radius 3 is 2.65 bits per heavy atom. The van der Waals surface area contributed by atoms with Crippen molar-refractivity contribution in [2.24, 2.45) is 0 Å². The van der Waals surface area contributed by atoms with Crippen LogP contribution in [0.5, 0.6) is 5.75 Å². The SMILES string of the molecule is CN(CCCOc1ccccc1)CC(=O)Nc1ccc([N+](=O)[O-])cc1Br. The highest BCUT2D eigenvalue weighted by Gasteiger charge is 2.12. The van der Waals surface area contributed by atoms with E-state index in [0.717, 1.165) is 12.2 Å². The molecule has 7 nitrogen and oxygen atoms in total. The summed E-state index contributed by atoms with van der Waals surface area (Å²) in [5.74, 6) is 0.641. The Morgan fingerprint density at radius 1 is 1.27 bits per heavy atom. The number of anilines is 1. The number of para-hydroxylation sites is 1. The zero-order valence-electron chi connectivity index (χ0n) is 14.4. The Kier molecular flexibility index (Phi) is 7.55. The number of likely N-dealkylation sites (N-methyl/N-ethyl adjacent to an activating group) is 1. The number of rotatable bonds is 9. The molecule has 0 atom stereocenters. The van der Waals surface area contributed by atoms with Crippen LogP contribution in [-0.2, 0) is 4.79 Å². The number of nitrogens with one attached hydrogen (secondary N) is 1. The summed E-state index contributed by atoms with van der Waals surface area (Å²) in [5, 5.41) is 13.5. The number of ether oxygens (including phenoxy) is 1. The maximum absolute atomic E-state index is 12.1. The van der Waals surface area contributed by atoms with E-state index < -0.39 is 4.92 Å². The second-order valence-electron chi connectivity index (χ2n) is 5.72. The van der Waals surface area contributed by atoms with E-state index in [1.807, 2.05) is 42.3 Å². The lowest BCUT2D eigenvalue weighted by Crippen LogP contribution is -2.31. The Morgan fingerprint density at radius 2 is 2.00 bits per heavy atom. The second-order valence-corrected chi connectivity index (χ2v) is 6.58. The first kappa shape index (κ1) is 19.9. The van der Waals surface area contributed by atoms with Gasteiger partial charge in [-0.25, -0.2) is 0 Å². The standard InChI is InChI=1S/C18H20BrN3O4/c1-21(10-5-11-26-15-6-3-2-4-7-15)13-18(23)20-17-9-8-14(22(24)25)12-16(17)19/h2-4,6-9,12H,5,10-11,13H2,1H3,(H,20,23). The Labute approximate surface area is 160 Å². The van der Waals surface area contributed by atoms with Gasteiger partial charge in [0, 0.05) is 23.2 Å². The number of halogens is 1. The summed E-state index contributed by atoms with van der Waals surface area (Å²) in [4.78, 5) is 24.2. The topological polar surface area (TPSA) is 84.7 Å². The fourth-order valence-electron chi connectivity index (χ4n) is 2.27. The molecule has 0 aromatic heterocycles. The van der Waals surface area contributed by atoms with E-state index in [0.29, 0.717) is 23.3 Å². The zero-order chi connectivity index (χ0) is 18.9. The lowest BCUT2D eigenvalue weighted by Gasteiger charge is -2.16. The first-order valence-electron chi connectivity index (χ1n) is 8.06. The van der Waals surface area contributed by atoms with Gasteiger partial charge in [-0.15, -0.1) is 0 Å². The molecule has 1 N–H and O–H groups in total. The molecule has 0 spiro atoms. The third kappa shape index (κ3) is 6.45. The van der Waals surface area contributed by atoms with E-state index in [1.54, 1.807) is 0 Å². The van der Waals surface area contributed by atoms with E-state index in [1.165, 1.54) is 18.2 Å². The summed E-state index contributed by atoms with van der Waals surface area (Å²) in [6.45, 7) is 1.50. The number of hydrogen-bond acceptors (Lipinski definition) is 5. The number of nitrogens with zero attached hydrogens (tertiary/aromatic N) is 2. The highest BCUT2D eigenvalue weighted by molar-refractivity contribution is 9.10. The van der Waals surface area contributed by atoms with Gasteiger partial charge in [0.15, 0.2) is 0 Å². The average Bonchev–Trinajstić information content (AvgIpc) is 2.61. The number of nitro groups is 1. The van der Waals surface area contributed by atoms with E-state index in [4.69, 9.17) is 4.74 Å². The van der Waals surface area contributed by atoms with Crippen LogP contribution in [0, 0.1) is 10.1 Å². The number of non-ortho nitro benzene ring substituents is 1. The number of amides is 1. The largest absolute Gasteiger partial charge is 0.494 e. The molecule has 8 heteroatoms. The van der Waals surface area contributed by atoms with E-state index >= 15 is 0 Å². The zero-order valence-corrected chi connectivity index (χ0v) is 15.9. The van der Waals surface area contributed by atoms with Crippen LogP contribution in [0.1, 0.15) is 6.42 Å². The maximum atomic E-state index is 12.1. The molecule has 0 aliphatic carbocycles. The molecule has 0 unspecified atom stereocenters. The minimum atomic E-state index is -0.484. The van der Waals surface area contributed by atoms with Gasteiger partial charge in [0.25, 0.3) is 5.69 Å². The summed E-state index contributed by atoms with van der Waals surface area (Å²) in [6, 6.07) is 13.8. The van der Waals surface area contributed by atoms with Crippen LogP contribution in [0.15, 0.2) is 53.0 Å². The van der Waals surface area contributed by atoms with Gasteiger partial charge < -0.3 is 10.1 Å². The number of benzene rings is 2. The third-order valence-corrected chi connectivity index (χ3v) is 4.20. The summed E-state index contributed by atoms with van der Waals surface area (Å²) in [6.07, 6.45) is 0.792. The smallest absolute Gasteiger partial charge is 0.270 e. The van der Waals surface area contributed by atoms with Crippen LogP contribution >= 0.6 is 15.9 Å². The van der Waals surface area contributed by atoms with Gasteiger partial charge in [0.2, 0.25) is 5.91 Å². The van der Waals surface area contributed by atoms with Gasteiger partial charge in [-0.1, -0.05) is 18.2 Å². The molecule has 2 aromatic rings. The predicted octanol–water partition coefficient (Wildman–Crippen LogP) is 3.70. The number of hydrogen-bond donors (Lipinski definition) is 1. The molecule has 0 saturated carbocycles. The highest BCUT2D eigenvalue weighted by atomic mass is 79.9. The number of carbonyl (C=O) groups excluding carboxylic acids is 1. The molecule has 0 aliphatic heterocycles. The molecule has 0 saturated heterocycles. The molecule has 138 valence electrons. The summed E-state index contributed by atoms with van der Waals surface area (Å²) < 4.78 is 6.09. The van der Waals surface area contributed by atoms with Crippen molar-refractivity contribution in [2.45, 2.75) is 6.42 Å². The monoisotopic (exact) mass is 421 g/mol. The van der Waals surface area contributed by atoms with E-state index in [9.17, 15) is 14.9 Å². The molecular weight excluding hydrogens is 402 g/mol. The van der Waals surface area contributed by atoms with Crippen molar-refractivity contribution in [3.8, 4) is 5.75 Å². The maximum Gasteiger partial charge on any atom is 0.270 e. The quantitative estimate of drug-likeness (QED) is 0.379. The number of carbonyl (C=O) groups is 1. The lowest BCUT2D eigenvalue weighted by molar-refractivity contribution is -0.384. The van der Waals surface area contributed by atoms with Crippen molar-refractivity contribution in [3.63, 3.8) is 0 Å². The molecule has 2 aromatic carbocycles. The molecule has 26 heavy (non-hydrogen) atoms. The van der Waals surface area contributed by atoms with Crippen molar-refractivity contribution in [3.05, 3.63) is 63.1 Å². The van der Waals surface area contributed by atoms with Crippen LogP contribution in [0.25, 0.3) is 0 Å². The summed E-state index contributed by atoms with van der Waals surface area (Å²) >= 11 is 3.23. The van der Waals surface area contributed by atoms with Crippen molar-refractivity contribution in [2.75, 3.05) is 32.1 Å². The fraction of sp³-hybridized carbons (Fsp3) is 0.278. The molecule has 0 aliphatic rings. The van der Waals surface area contributed by atoms with Gasteiger partial charge in [-0.3, -0.25) is 19.8 Å². The first-order chi connectivity index (χ1) is 12.5. The Bertz CT molecular complexity index is 755. The Balaban J connectivity index is 1.72. The van der Waals surface area contributed by atoms with Crippen molar-refractivity contribution in [1.82, 2.24) is 4.90 Å². The van der Waals surface area contributed by atoms with Crippen molar-refractivity contribution >= 4 is 33.2 Å². The second kappa shape index (κ2) is 9.88. The van der Waals surface area contributed by atoms with E-state index in [2.05, 4.69) is 21.2 Å². The normalized spacial score (nSPS) is 10.6. The van der Waals surface area contributed by atoms with Crippen molar-refractivity contribution in [1.29, 1.82) is 0 Å². The molecule has 0 bridgehead atoms. The van der Waals surface area contributed by atoms with E-state index in [-0.39, 0.29) is 18.1 Å². The predicted molar refractivity (Wildman–Crippen MR) is 103 cm³/mol. The molecule has 1 amide bonds. The van der Waals surface area contributed by atoms with Crippen LogP contribution < -0.4 is 10.1 Å². The van der Waals surface area contributed by atoms with Crippen LogP contribution in [-0.4, -0.2) is 42.5 Å². The van der Waals surface area contributed by atoms with Gasteiger partial charge in [0.1, 0.15) is 5.75 Å². The number of nitro benzene ring substituents is 1. The fourth-order valence-corrected chi connectivity index (χ4v) is 2.74. The molecule has 0 fully saturated rings. The molecule has 0 heterocycles. The minimum absolute atomic E-state index is 0.0367. The minimum Gasteiger partial charge on any atom is -0.494 e. The van der Waals surface area contributed by atoms with Crippen LogP contribution in [0.3, 0.4) is 0 Å². The van der Waals surface area contributed by atoms with Gasteiger partial charge in [0.05, 0.1) is 23.8 Å². The highest BCUT2D eigenvalue weighted by Crippen LogP contribution is 2.27. The average molecular weight is 422 g/mol. The first-order valence-corrected chi connectivity index (χ1v) is 8.85. The lowest BCUT2D eigenvalue weighted by atomic mass is 10.3. The summed E-state index contributed by atoms with van der Waals surface area (Å²) in [5.41, 5.74) is 0.465. The molecule has 2 rings (SSSR count). The Hall–Kier alpha value is -2.45. The van der Waals surface area contributed by atoms with Gasteiger partial charge >= 0.3 is 0 Å². The van der Waals surface area contributed by atoms with Crippen LogP contribution in [0.2, 0.25) is 0 Å². The van der Waals surface area contributed by atoms with Gasteiger partial charge in [-0.05, 0) is 47.6 Å². The molecular formula is C18H20BrN3O4. The van der Waals surface area contributed by atoms with Crippen LogP contribution in [0.4, 0.5) is 11.4 Å². The third-order valence-electron chi connectivity index (χ3n) is 3.55. The van der Waals surface area contributed by atoms with Gasteiger partial charge in [-0.2, -0.15) is 0 Å².